The van der Waals surface area contributed by atoms with Gasteiger partial charge in [0.1, 0.15) is 5.69 Å². The van der Waals surface area contributed by atoms with E-state index in [-0.39, 0.29) is 11.7 Å². The lowest BCUT2D eigenvalue weighted by molar-refractivity contribution is 0.0995. The van der Waals surface area contributed by atoms with Crippen LogP contribution in [0.25, 0.3) is 5.69 Å². The van der Waals surface area contributed by atoms with E-state index in [1.807, 2.05) is 31.2 Å². The van der Waals surface area contributed by atoms with Gasteiger partial charge in [-0.3, -0.25) is 4.79 Å². The number of nitrogens with two attached hydrogens (primary N) is 2. The fourth-order valence-corrected chi connectivity index (χ4v) is 1.80. The summed E-state index contributed by atoms with van der Waals surface area (Å²) in [5.41, 5.74) is 13.2. The summed E-state index contributed by atoms with van der Waals surface area (Å²) in [5.74, 6) is -0.527. The number of benzene rings is 1. The molecule has 1 atom stereocenters. The van der Waals surface area contributed by atoms with E-state index in [0.717, 1.165) is 17.7 Å². The molecule has 0 aliphatic rings. The Hall–Kier alpha value is -2.14. The van der Waals surface area contributed by atoms with Crippen molar-refractivity contribution >= 4 is 5.91 Å². The Morgan fingerprint density at radius 1 is 1.44 bits per heavy atom. The van der Waals surface area contributed by atoms with E-state index in [1.54, 1.807) is 16.9 Å². The maximum absolute atomic E-state index is 11.0. The SMILES string of the molecule is CC(N)Cc1cccc(-n2ccc(C(N)=O)n2)c1. The number of amides is 1. The summed E-state index contributed by atoms with van der Waals surface area (Å²) in [4.78, 5) is 11.0. The van der Waals surface area contributed by atoms with Crippen LogP contribution in [-0.2, 0) is 6.42 Å². The van der Waals surface area contributed by atoms with Crippen LogP contribution >= 0.6 is 0 Å². The van der Waals surface area contributed by atoms with E-state index >= 15 is 0 Å². The van der Waals surface area contributed by atoms with Crippen molar-refractivity contribution in [2.75, 3.05) is 0 Å². The zero-order valence-corrected chi connectivity index (χ0v) is 10.2. The van der Waals surface area contributed by atoms with Crippen LogP contribution in [0.3, 0.4) is 0 Å². The molecule has 2 rings (SSSR count). The first kappa shape index (κ1) is 12.3. The molecule has 5 heteroatoms. The molecule has 1 amide bonds. The van der Waals surface area contributed by atoms with Gasteiger partial charge in [-0.05, 0) is 37.1 Å². The third-order valence-corrected chi connectivity index (χ3v) is 2.57. The van der Waals surface area contributed by atoms with Gasteiger partial charge in [-0.1, -0.05) is 12.1 Å². The Kier molecular flexibility index (Phi) is 3.43. The van der Waals surface area contributed by atoms with Gasteiger partial charge in [0, 0.05) is 12.2 Å². The number of nitrogens with zero attached hydrogens (tertiary/aromatic N) is 2. The molecule has 0 saturated heterocycles. The summed E-state index contributed by atoms with van der Waals surface area (Å²) < 4.78 is 1.63. The third kappa shape index (κ3) is 2.75. The van der Waals surface area contributed by atoms with Crippen molar-refractivity contribution < 1.29 is 4.79 Å². The van der Waals surface area contributed by atoms with Crippen LogP contribution in [0.2, 0.25) is 0 Å². The van der Waals surface area contributed by atoms with Crippen molar-refractivity contribution in [3.8, 4) is 5.69 Å². The summed E-state index contributed by atoms with van der Waals surface area (Å²) in [5, 5.41) is 4.11. The second kappa shape index (κ2) is 5.01. The lowest BCUT2D eigenvalue weighted by Gasteiger charge is -2.07. The summed E-state index contributed by atoms with van der Waals surface area (Å²) in [6, 6.07) is 9.59. The normalized spacial score (nSPS) is 12.3. The van der Waals surface area contributed by atoms with Gasteiger partial charge >= 0.3 is 0 Å². The van der Waals surface area contributed by atoms with E-state index in [0.29, 0.717) is 0 Å². The molecule has 1 aromatic carbocycles. The van der Waals surface area contributed by atoms with Crippen LogP contribution in [-0.4, -0.2) is 21.7 Å². The minimum atomic E-state index is -0.527. The smallest absolute Gasteiger partial charge is 0.269 e. The molecule has 4 N–H and O–H groups in total. The Morgan fingerprint density at radius 3 is 2.83 bits per heavy atom. The van der Waals surface area contributed by atoms with Gasteiger partial charge in [-0.15, -0.1) is 0 Å². The van der Waals surface area contributed by atoms with Crippen LogP contribution in [0, 0.1) is 0 Å². The highest BCUT2D eigenvalue weighted by Crippen LogP contribution is 2.11. The topological polar surface area (TPSA) is 86.9 Å². The molecule has 0 spiro atoms. The second-order valence-corrected chi connectivity index (χ2v) is 4.36. The minimum absolute atomic E-state index is 0.110. The Balaban J connectivity index is 2.29. The number of hydrogen-bond donors (Lipinski definition) is 2. The van der Waals surface area contributed by atoms with E-state index < -0.39 is 5.91 Å². The predicted octanol–water partition coefficient (Wildman–Crippen LogP) is 0.861. The molecule has 0 aliphatic carbocycles. The van der Waals surface area contributed by atoms with Crippen molar-refractivity contribution in [1.29, 1.82) is 0 Å². The number of carbonyl (C=O) groups excluding carboxylic acids is 1. The van der Waals surface area contributed by atoms with E-state index in [1.165, 1.54) is 0 Å². The zero-order chi connectivity index (χ0) is 13.1. The molecule has 0 aliphatic heterocycles. The Bertz CT molecular complexity index is 560. The van der Waals surface area contributed by atoms with Crippen LogP contribution in [0.1, 0.15) is 23.0 Å². The molecule has 1 unspecified atom stereocenters. The van der Waals surface area contributed by atoms with Crippen LogP contribution < -0.4 is 11.5 Å². The molecule has 1 heterocycles. The number of aromatic nitrogens is 2. The monoisotopic (exact) mass is 244 g/mol. The maximum atomic E-state index is 11.0. The van der Waals surface area contributed by atoms with Gasteiger partial charge in [0.25, 0.3) is 5.91 Å². The average Bonchev–Trinajstić information content (AvgIpc) is 2.77. The Labute approximate surface area is 105 Å². The summed E-state index contributed by atoms with van der Waals surface area (Å²) in [7, 11) is 0. The number of carbonyl (C=O) groups is 1. The van der Waals surface area contributed by atoms with Gasteiger partial charge in [-0.25, -0.2) is 4.68 Å². The number of rotatable bonds is 4. The first-order valence-electron chi connectivity index (χ1n) is 5.76. The molecule has 1 aromatic heterocycles. The highest BCUT2D eigenvalue weighted by molar-refractivity contribution is 5.90. The number of hydrogen-bond acceptors (Lipinski definition) is 3. The van der Waals surface area contributed by atoms with Gasteiger partial charge in [-0.2, -0.15) is 5.10 Å². The quantitative estimate of drug-likeness (QED) is 0.836. The highest BCUT2D eigenvalue weighted by atomic mass is 16.1. The van der Waals surface area contributed by atoms with Gasteiger partial charge in [0.15, 0.2) is 0 Å². The molecule has 0 bridgehead atoms. The Morgan fingerprint density at radius 2 is 2.22 bits per heavy atom. The van der Waals surface area contributed by atoms with Crippen molar-refractivity contribution in [3.05, 3.63) is 47.8 Å². The van der Waals surface area contributed by atoms with E-state index in [9.17, 15) is 4.79 Å². The first-order valence-corrected chi connectivity index (χ1v) is 5.76. The average molecular weight is 244 g/mol. The largest absolute Gasteiger partial charge is 0.364 e. The maximum Gasteiger partial charge on any atom is 0.269 e. The van der Waals surface area contributed by atoms with Gasteiger partial charge < -0.3 is 11.5 Å². The molecule has 0 saturated carbocycles. The van der Waals surface area contributed by atoms with Crippen molar-refractivity contribution in [2.45, 2.75) is 19.4 Å². The highest BCUT2D eigenvalue weighted by Gasteiger charge is 2.06. The van der Waals surface area contributed by atoms with Crippen LogP contribution in [0.5, 0.6) is 0 Å². The number of primary amides is 1. The molecule has 2 aromatic rings. The second-order valence-electron chi connectivity index (χ2n) is 4.36. The van der Waals surface area contributed by atoms with Gasteiger partial charge in [0.2, 0.25) is 0 Å². The lowest BCUT2D eigenvalue weighted by atomic mass is 10.1. The molecule has 0 fully saturated rings. The molecular weight excluding hydrogens is 228 g/mol. The predicted molar refractivity (Wildman–Crippen MR) is 69.4 cm³/mol. The fraction of sp³-hybridized carbons (Fsp3) is 0.231. The van der Waals surface area contributed by atoms with E-state index in [4.69, 9.17) is 11.5 Å². The van der Waals surface area contributed by atoms with Crippen molar-refractivity contribution in [3.63, 3.8) is 0 Å². The van der Waals surface area contributed by atoms with E-state index in [2.05, 4.69) is 5.10 Å². The summed E-state index contributed by atoms with van der Waals surface area (Å²) in [6.07, 6.45) is 2.52. The molecule has 0 radical (unpaired) electrons. The summed E-state index contributed by atoms with van der Waals surface area (Å²) in [6.45, 7) is 1.96. The molecule has 18 heavy (non-hydrogen) atoms. The molecule has 94 valence electrons. The van der Waals surface area contributed by atoms with Crippen molar-refractivity contribution in [2.24, 2.45) is 11.5 Å². The zero-order valence-electron chi connectivity index (χ0n) is 10.2. The summed E-state index contributed by atoms with van der Waals surface area (Å²) >= 11 is 0. The minimum Gasteiger partial charge on any atom is -0.364 e. The first-order chi connectivity index (χ1) is 8.56. The van der Waals surface area contributed by atoms with Crippen LogP contribution in [0.15, 0.2) is 36.5 Å². The standard InChI is InChI=1S/C13H16N4O/c1-9(14)7-10-3-2-4-11(8-10)17-6-5-12(16-17)13(15)18/h2-6,8-9H,7,14H2,1H3,(H2,15,18). The van der Waals surface area contributed by atoms with Gasteiger partial charge in [0.05, 0.1) is 5.69 Å². The lowest BCUT2D eigenvalue weighted by Crippen LogP contribution is -2.17. The fourth-order valence-electron chi connectivity index (χ4n) is 1.80. The molecule has 5 nitrogen and oxygen atoms in total. The van der Waals surface area contributed by atoms with Crippen LogP contribution in [0.4, 0.5) is 0 Å². The van der Waals surface area contributed by atoms with Crippen molar-refractivity contribution in [1.82, 2.24) is 9.78 Å². The third-order valence-electron chi connectivity index (χ3n) is 2.57. The molecular formula is C13H16N4O.